The molecule has 0 unspecified atom stereocenters. The third-order valence-corrected chi connectivity index (χ3v) is 5.79. The molecule has 2 aliphatic rings. The summed E-state index contributed by atoms with van der Waals surface area (Å²) in [6.07, 6.45) is 8.18. The van der Waals surface area contributed by atoms with Crippen LogP contribution in [0.15, 0.2) is 59.7 Å². The molecule has 7 heteroatoms. The van der Waals surface area contributed by atoms with Gasteiger partial charge in [0.2, 0.25) is 0 Å². The summed E-state index contributed by atoms with van der Waals surface area (Å²) in [4.78, 5) is 8.98. The summed E-state index contributed by atoms with van der Waals surface area (Å²) in [5, 5.41) is 6.65. The smallest absolute Gasteiger partial charge is 0.164 e. The van der Waals surface area contributed by atoms with E-state index in [0.717, 1.165) is 35.8 Å². The Morgan fingerprint density at radius 2 is 1.88 bits per heavy atom. The van der Waals surface area contributed by atoms with Crippen molar-refractivity contribution in [2.45, 2.75) is 19.8 Å². The van der Waals surface area contributed by atoms with Gasteiger partial charge in [0.25, 0.3) is 0 Å². The van der Waals surface area contributed by atoms with Gasteiger partial charge in [-0.1, -0.05) is 6.07 Å². The van der Waals surface area contributed by atoms with Crippen molar-refractivity contribution in [1.82, 2.24) is 14.9 Å². The number of aliphatic imine (C=N–C) groups is 1. The van der Waals surface area contributed by atoms with E-state index in [1.165, 1.54) is 34.5 Å². The van der Waals surface area contributed by atoms with Crippen molar-refractivity contribution in [3.05, 3.63) is 82.9 Å². The van der Waals surface area contributed by atoms with Crippen LogP contribution in [0.4, 0.5) is 10.1 Å². The van der Waals surface area contributed by atoms with E-state index in [0.29, 0.717) is 26.2 Å². The van der Waals surface area contributed by atoms with E-state index in [1.807, 2.05) is 13.3 Å². The number of benzene rings is 2. The molecular formula is C25H26FN5O. The molecule has 164 valence electrons. The zero-order valence-electron chi connectivity index (χ0n) is 18.1. The highest BCUT2D eigenvalue weighted by Gasteiger charge is 2.22. The average Bonchev–Trinajstić information content (AvgIpc) is 3.21. The van der Waals surface area contributed by atoms with Crippen molar-refractivity contribution in [3.63, 3.8) is 0 Å². The number of halogens is 1. The minimum Gasteiger partial charge on any atom is -0.488 e. The number of nitrogens with zero attached hydrogens (tertiary/aromatic N) is 3. The second-order valence-electron chi connectivity index (χ2n) is 8.00. The Bertz CT molecular complexity index is 1180. The van der Waals surface area contributed by atoms with Crippen LogP contribution in [-0.4, -0.2) is 41.6 Å². The second-order valence-corrected chi connectivity index (χ2v) is 8.00. The molecule has 5 rings (SSSR count). The molecule has 0 spiro atoms. The average molecular weight is 432 g/mol. The molecule has 0 fully saturated rings. The molecule has 1 aliphatic carbocycles. The molecule has 0 saturated heterocycles. The van der Waals surface area contributed by atoms with E-state index in [9.17, 15) is 4.39 Å². The van der Waals surface area contributed by atoms with Crippen molar-refractivity contribution in [3.8, 4) is 5.69 Å². The van der Waals surface area contributed by atoms with E-state index in [2.05, 4.69) is 49.6 Å². The number of anilines is 1. The number of nitrogens with one attached hydrogen (secondary N) is 2. The molecule has 0 bridgehead atoms. The normalized spacial score (nSPS) is 16.1. The second kappa shape index (κ2) is 8.86. The number of rotatable bonds is 6. The molecule has 2 aromatic carbocycles. The van der Waals surface area contributed by atoms with Crippen molar-refractivity contribution < 1.29 is 9.13 Å². The van der Waals surface area contributed by atoms with E-state index >= 15 is 0 Å². The summed E-state index contributed by atoms with van der Waals surface area (Å²) in [5.74, 6) is 1.32. The van der Waals surface area contributed by atoms with E-state index < -0.39 is 0 Å². The molecule has 0 radical (unpaired) electrons. The molecule has 32 heavy (non-hydrogen) atoms. The predicted octanol–water partition coefficient (Wildman–Crippen LogP) is 3.89. The monoisotopic (exact) mass is 431 g/mol. The Hall–Kier alpha value is -3.61. The standard InChI is InChI=1S/C25H26FN5O/c1-17-15-31(16-30-17)23-9-2-18(21-7-8-22(21)23)14-24-25(29-12-13-32-24)28-11-10-27-20-5-3-19(26)4-6-20/h2-6,9,14-16,27H,7-8,10-13H2,1H3,(H,28,29)/b24-14-. The molecule has 0 saturated carbocycles. The quantitative estimate of drug-likeness (QED) is 0.582. The van der Waals surface area contributed by atoms with Crippen LogP contribution in [0.1, 0.15) is 22.4 Å². The Morgan fingerprint density at radius 1 is 1.06 bits per heavy atom. The Kier molecular flexibility index (Phi) is 5.62. The summed E-state index contributed by atoms with van der Waals surface area (Å²) < 4.78 is 21.1. The molecule has 2 N–H and O–H groups in total. The van der Waals surface area contributed by atoms with Gasteiger partial charge in [-0.3, -0.25) is 4.99 Å². The zero-order valence-corrected chi connectivity index (χ0v) is 18.1. The Labute approximate surface area is 186 Å². The summed E-state index contributed by atoms with van der Waals surface area (Å²) in [6, 6.07) is 10.7. The lowest BCUT2D eigenvalue weighted by Gasteiger charge is -2.26. The molecule has 1 aliphatic heterocycles. The van der Waals surface area contributed by atoms with Crippen molar-refractivity contribution in [2.24, 2.45) is 4.99 Å². The minimum atomic E-state index is -0.235. The maximum atomic E-state index is 13.0. The lowest BCUT2D eigenvalue weighted by Crippen LogP contribution is -2.33. The van der Waals surface area contributed by atoms with Crippen molar-refractivity contribution >= 4 is 17.6 Å². The van der Waals surface area contributed by atoms with E-state index in [1.54, 1.807) is 12.1 Å². The molecular weight excluding hydrogens is 405 g/mol. The first kappa shape index (κ1) is 20.3. The highest BCUT2D eigenvalue weighted by atomic mass is 19.1. The van der Waals surface area contributed by atoms with Gasteiger partial charge >= 0.3 is 0 Å². The third-order valence-electron chi connectivity index (χ3n) is 5.79. The highest BCUT2D eigenvalue weighted by Crippen LogP contribution is 2.33. The van der Waals surface area contributed by atoms with Crippen LogP contribution >= 0.6 is 0 Å². The van der Waals surface area contributed by atoms with Crippen LogP contribution in [0.3, 0.4) is 0 Å². The SMILES string of the molecule is Cc1cn(-c2ccc(/C=C3\OCCN=C3NCCNc3ccc(F)cc3)c3c2CC3)cn1. The van der Waals surface area contributed by atoms with Crippen LogP contribution in [0.5, 0.6) is 0 Å². The van der Waals surface area contributed by atoms with Gasteiger partial charge in [-0.25, -0.2) is 9.37 Å². The van der Waals surface area contributed by atoms with Crippen LogP contribution in [0.2, 0.25) is 0 Å². The number of ether oxygens (including phenoxy) is 1. The molecule has 2 heterocycles. The first-order chi connectivity index (χ1) is 15.7. The number of aromatic nitrogens is 2. The number of aryl methyl sites for hydroxylation is 1. The lowest BCUT2D eigenvalue weighted by molar-refractivity contribution is 0.232. The Balaban J connectivity index is 1.27. The van der Waals surface area contributed by atoms with E-state index in [-0.39, 0.29) is 5.82 Å². The number of amidine groups is 1. The minimum absolute atomic E-state index is 0.235. The van der Waals surface area contributed by atoms with Crippen LogP contribution in [0.25, 0.3) is 11.8 Å². The van der Waals surface area contributed by atoms with Gasteiger partial charge in [0.05, 0.1) is 18.6 Å². The molecule has 6 nitrogen and oxygen atoms in total. The number of fused-ring (bicyclic) bond motifs is 1. The number of hydrogen-bond donors (Lipinski definition) is 2. The number of imidazole rings is 1. The molecule has 0 atom stereocenters. The van der Waals surface area contributed by atoms with Gasteiger partial charge in [-0.05, 0) is 72.9 Å². The topological polar surface area (TPSA) is 63.5 Å². The van der Waals surface area contributed by atoms with Crippen LogP contribution in [-0.2, 0) is 17.6 Å². The van der Waals surface area contributed by atoms with Gasteiger partial charge in [-0.15, -0.1) is 0 Å². The fourth-order valence-electron chi connectivity index (χ4n) is 4.09. The van der Waals surface area contributed by atoms with Crippen molar-refractivity contribution in [2.75, 3.05) is 31.6 Å². The first-order valence-corrected chi connectivity index (χ1v) is 11.0. The van der Waals surface area contributed by atoms with Gasteiger partial charge in [-0.2, -0.15) is 0 Å². The van der Waals surface area contributed by atoms with Gasteiger partial charge < -0.3 is 19.9 Å². The predicted molar refractivity (Wildman–Crippen MR) is 125 cm³/mol. The maximum absolute atomic E-state index is 13.0. The van der Waals surface area contributed by atoms with Crippen LogP contribution in [0, 0.1) is 12.7 Å². The third kappa shape index (κ3) is 4.23. The molecule has 3 aromatic rings. The van der Waals surface area contributed by atoms with Crippen molar-refractivity contribution in [1.29, 1.82) is 0 Å². The van der Waals surface area contributed by atoms with Gasteiger partial charge in [0, 0.05) is 30.7 Å². The fraction of sp³-hybridized carbons (Fsp3) is 0.280. The van der Waals surface area contributed by atoms with Gasteiger partial charge in [0.1, 0.15) is 12.4 Å². The summed E-state index contributed by atoms with van der Waals surface area (Å²) in [5.41, 5.74) is 7.04. The fourth-order valence-corrected chi connectivity index (χ4v) is 4.09. The first-order valence-electron chi connectivity index (χ1n) is 11.0. The zero-order chi connectivity index (χ0) is 21.9. The maximum Gasteiger partial charge on any atom is 0.164 e. The largest absolute Gasteiger partial charge is 0.488 e. The highest BCUT2D eigenvalue weighted by molar-refractivity contribution is 6.01. The summed E-state index contributed by atoms with van der Waals surface area (Å²) in [6.45, 7) is 4.59. The molecule has 1 aromatic heterocycles. The summed E-state index contributed by atoms with van der Waals surface area (Å²) in [7, 11) is 0. The Morgan fingerprint density at radius 3 is 2.62 bits per heavy atom. The van der Waals surface area contributed by atoms with Gasteiger partial charge in [0.15, 0.2) is 11.6 Å². The number of hydrogen-bond acceptors (Lipinski definition) is 5. The van der Waals surface area contributed by atoms with Crippen LogP contribution < -0.4 is 10.6 Å². The molecule has 0 amide bonds. The summed E-state index contributed by atoms with van der Waals surface area (Å²) >= 11 is 0. The van der Waals surface area contributed by atoms with E-state index in [4.69, 9.17) is 4.74 Å². The lowest BCUT2D eigenvalue weighted by atomic mass is 9.83.